The standard InChI is InChI=1S/C21H19BrN2O3S2/c1-2-27-17-8-6-16(7-9-17)23-19(25)10-11-24-20(26)18(29-21(24)28)13-14-4-3-5-15(22)12-14/h3-9,12-13H,2,10-11H2,1H3,(H,23,25)/b18-13-. The van der Waals surface area contributed by atoms with Crippen LogP contribution in [0.1, 0.15) is 18.9 Å². The van der Waals surface area contributed by atoms with Gasteiger partial charge in [-0.25, -0.2) is 0 Å². The van der Waals surface area contributed by atoms with E-state index in [1.165, 1.54) is 16.7 Å². The molecule has 2 aromatic rings. The van der Waals surface area contributed by atoms with Crippen LogP contribution in [0.3, 0.4) is 0 Å². The first-order chi connectivity index (χ1) is 14.0. The maximum atomic E-state index is 12.7. The second-order valence-corrected chi connectivity index (χ2v) is 8.74. The first kappa shape index (κ1) is 21.5. The molecule has 5 nitrogen and oxygen atoms in total. The Labute approximate surface area is 187 Å². The summed E-state index contributed by atoms with van der Waals surface area (Å²) in [5.74, 6) is 0.397. The average Bonchev–Trinajstić information content (AvgIpc) is 2.95. The Bertz CT molecular complexity index is 961. The summed E-state index contributed by atoms with van der Waals surface area (Å²) in [7, 11) is 0. The SMILES string of the molecule is CCOc1ccc(NC(=O)CCN2C(=O)/C(=C/c3cccc(Br)c3)SC2=S)cc1. The highest BCUT2D eigenvalue weighted by Gasteiger charge is 2.32. The molecule has 29 heavy (non-hydrogen) atoms. The van der Waals surface area contributed by atoms with E-state index in [1.54, 1.807) is 24.3 Å². The lowest BCUT2D eigenvalue weighted by atomic mass is 10.2. The van der Waals surface area contributed by atoms with Crippen molar-refractivity contribution in [1.29, 1.82) is 0 Å². The minimum absolute atomic E-state index is 0.157. The molecular formula is C21H19BrN2O3S2. The minimum Gasteiger partial charge on any atom is -0.494 e. The van der Waals surface area contributed by atoms with Gasteiger partial charge >= 0.3 is 0 Å². The van der Waals surface area contributed by atoms with Crippen LogP contribution in [0.25, 0.3) is 6.08 Å². The molecule has 8 heteroatoms. The van der Waals surface area contributed by atoms with E-state index in [0.717, 1.165) is 15.8 Å². The topological polar surface area (TPSA) is 58.6 Å². The number of thiocarbonyl (C=S) groups is 1. The van der Waals surface area contributed by atoms with Crippen molar-refractivity contribution in [3.63, 3.8) is 0 Å². The van der Waals surface area contributed by atoms with Crippen LogP contribution in [-0.2, 0) is 9.59 Å². The number of halogens is 1. The van der Waals surface area contributed by atoms with Gasteiger partial charge in [-0.3, -0.25) is 14.5 Å². The fourth-order valence-corrected chi connectivity index (χ4v) is 4.40. The predicted molar refractivity (Wildman–Crippen MR) is 125 cm³/mol. The number of anilines is 1. The molecule has 0 bridgehead atoms. The van der Waals surface area contributed by atoms with Crippen LogP contribution in [0.2, 0.25) is 0 Å². The summed E-state index contributed by atoms with van der Waals surface area (Å²) in [5.41, 5.74) is 1.59. The molecule has 0 unspecified atom stereocenters. The largest absolute Gasteiger partial charge is 0.494 e. The molecule has 150 valence electrons. The molecule has 0 spiro atoms. The van der Waals surface area contributed by atoms with Crippen molar-refractivity contribution in [3.05, 3.63) is 63.5 Å². The third-order valence-corrected chi connectivity index (χ3v) is 5.90. The van der Waals surface area contributed by atoms with Gasteiger partial charge in [0, 0.05) is 23.1 Å². The molecule has 0 aromatic heterocycles. The van der Waals surface area contributed by atoms with Crippen molar-refractivity contribution < 1.29 is 14.3 Å². The number of hydrogen-bond acceptors (Lipinski definition) is 5. The molecule has 1 fully saturated rings. The number of carbonyl (C=O) groups is 2. The molecule has 0 radical (unpaired) electrons. The predicted octanol–water partition coefficient (Wildman–Crippen LogP) is 5.08. The number of nitrogens with one attached hydrogen (secondary N) is 1. The van der Waals surface area contributed by atoms with Crippen LogP contribution < -0.4 is 10.1 Å². The summed E-state index contributed by atoms with van der Waals surface area (Å²) >= 11 is 10.0. The molecule has 3 rings (SSSR count). The summed E-state index contributed by atoms with van der Waals surface area (Å²) in [6.45, 7) is 2.74. The Morgan fingerprint density at radius 3 is 2.72 bits per heavy atom. The van der Waals surface area contributed by atoms with E-state index in [2.05, 4.69) is 21.2 Å². The second-order valence-electron chi connectivity index (χ2n) is 6.14. The van der Waals surface area contributed by atoms with Gasteiger partial charge in [-0.15, -0.1) is 0 Å². The van der Waals surface area contributed by atoms with Crippen LogP contribution in [0.4, 0.5) is 5.69 Å². The first-order valence-electron chi connectivity index (χ1n) is 9.00. The van der Waals surface area contributed by atoms with Gasteiger partial charge in [0.15, 0.2) is 0 Å². The molecular weight excluding hydrogens is 472 g/mol. The number of thioether (sulfide) groups is 1. The van der Waals surface area contributed by atoms with E-state index in [1.807, 2.05) is 37.3 Å². The molecule has 1 N–H and O–H groups in total. The van der Waals surface area contributed by atoms with E-state index in [0.29, 0.717) is 21.5 Å². The Hall–Kier alpha value is -2.16. The summed E-state index contributed by atoms with van der Waals surface area (Å²) in [6.07, 6.45) is 1.97. The van der Waals surface area contributed by atoms with Crippen LogP contribution >= 0.6 is 39.9 Å². The Balaban J connectivity index is 1.56. The number of carbonyl (C=O) groups excluding carboxylic acids is 2. The lowest BCUT2D eigenvalue weighted by molar-refractivity contribution is -0.122. The third kappa shape index (κ3) is 5.91. The minimum atomic E-state index is -0.181. The number of amides is 2. The third-order valence-electron chi connectivity index (χ3n) is 4.03. The van der Waals surface area contributed by atoms with Crippen molar-refractivity contribution in [3.8, 4) is 5.75 Å². The molecule has 2 aromatic carbocycles. The van der Waals surface area contributed by atoms with E-state index >= 15 is 0 Å². The van der Waals surface area contributed by atoms with E-state index in [4.69, 9.17) is 17.0 Å². The van der Waals surface area contributed by atoms with Crippen molar-refractivity contribution in [2.75, 3.05) is 18.5 Å². The number of benzene rings is 2. The Kier molecular flexibility index (Phi) is 7.46. The quantitative estimate of drug-likeness (QED) is 0.433. The maximum absolute atomic E-state index is 12.7. The zero-order valence-corrected chi connectivity index (χ0v) is 18.9. The lowest BCUT2D eigenvalue weighted by Gasteiger charge is -2.14. The molecule has 1 heterocycles. The fraction of sp³-hybridized carbons (Fsp3) is 0.190. The monoisotopic (exact) mass is 490 g/mol. The molecule has 0 saturated carbocycles. The van der Waals surface area contributed by atoms with Crippen LogP contribution in [-0.4, -0.2) is 34.2 Å². The second kappa shape index (κ2) is 10.0. The Morgan fingerprint density at radius 1 is 1.28 bits per heavy atom. The molecule has 0 aliphatic carbocycles. The van der Waals surface area contributed by atoms with Crippen LogP contribution in [0.15, 0.2) is 57.9 Å². The lowest BCUT2D eigenvalue weighted by Crippen LogP contribution is -2.31. The molecule has 0 atom stereocenters. The normalized spacial score (nSPS) is 15.1. The van der Waals surface area contributed by atoms with Gasteiger partial charge in [-0.2, -0.15) is 0 Å². The van der Waals surface area contributed by atoms with Gasteiger partial charge in [-0.1, -0.05) is 52.0 Å². The highest BCUT2D eigenvalue weighted by molar-refractivity contribution is 9.10. The molecule has 2 amide bonds. The van der Waals surface area contributed by atoms with Crippen molar-refractivity contribution >= 4 is 67.8 Å². The smallest absolute Gasteiger partial charge is 0.266 e. The molecule has 1 aliphatic rings. The fourth-order valence-electron chi connectivity index (χ4n) is 2.68. The van der Waals surface area contributed by atoms with Crippen molar-refractivity contribution in [2.45, 2.75) is 13.3 Å². The van der Waals surface area contributed by atoms with Gasteiger partial charge < -0.3 is 10.1 Å². The number of nitrogens with zero attached hydrogens (tertiary/aromatic N) is 1. The highest BCUT2D eigenvalue weighted by Crippen LogP contribution is 2.33. The summed E-state index contributed by atoms with van der Waals surface area (Å²) < 4.78 is 6.78. The number of rotatable bonds is 7. The van der Waals surface area contributed by atoms with E-state index < -0.39 is 0 Å². The first-order valence-corrected chi connectivity index (χ1v) is 11.0. The van der Waals surface area contributed by atoms with Crippen molar-refractivity contribution in [1.82, 2.24) is 4.90 Å². The van der Waals surface area contributed by atoms with Gasteiger partial charge in [0.2, 0.25) is 5.91 Å². The summed E-state index contributed by atoms with van der Waals surface area (Å²) in [5, 5.41) is 2.82. The maximum Gasteiger partial charge on any atom is 0.266 e. The Morgan fingerprint density at radius 2 is 2.03 bits per heavy atom. The van der Waals surface area contributed by atoms with Gasteiger partial charge in [-0.05, 0) is 55.0 Å². The average molecular weight is 491 g/mol. The van der Waals surface area contributed by atoms with Crippen LogP contribution in [0, 0.1) is 0 Å². The van der Waals surface area contributed by atoms with Crippen molar-refractivity contribution in [2.24, 2.45) is 0 Å². The molecule has 1 aliphatic heterocycles. The van der Waals surface area contributed by atoms with Crippen LogP contribution in [0.5, 0.6) is 5.75 Å². The molecule has 1 saturated heterocycles. The summed E-state index contributed by atoms with van der Waals surface area (Å²) in [4.78, 5) is 26.9. The zero-order chi connectivity index (χ0) is 20.8. The number of hydrogen-bond donors (Lipinski definition) is 1. The van der Waals surface area contributed by atoms with E-state index in [-0.39, 0.29) is 24.8 Å². The van der Waals surface area contributed by atoms with Gasteiger partial charge in [0.05, 0.1) is 11.5 Å². The zero-order valence-electron chi connectivity index (χ0n) is 15.7. The number of ether oxygens (including phenoxy) is 1. The van der Waals surface area contributed by atoms with E-state index in [9.17, 15) is 9.59 Å². The van der Waals surface area contributed by atoms with Gasteiger partial charge in [0.1, 0.15) is 10.1 Å². The summed E-state index contributed by atoms with van der Waals surface area (Å²) in [6, 6.07) is 14.8. The van der Waals surface area contributed by atoms with Gasteiger partial charge in [0.25, 0.3) is 5.91 Å². The highest BCUT2D eigenvalue weighted by atomic mass is 79.9.